The Kier molecular flexibility index (Phi) is 3.61. The highest BCUT2D eigenvalue weighted by Gasteiger charge is 2.14. The van der Waals surface area contributed by atoms with Gasteiger partial charge in [0.2, 0.25) is 5.76 Å². The summed E-state index contributed by atoms with van der Waals surface area (Å²) in [6.07, 6.45) is 0. The van der Waals surface area contributed by atoms with Crippen molar-refractivity contribution in [3.8, 4) is 0 Å². The van der Waals surface area contributed by atoms with Gasteiger partial charge in [-0.2, -0.15) is 0 Å². The molecule has 90 valence electrons. The van der Waals surface area contributed by atoms with E-state index in [0.717, 1.165) is 4.88 Å². The van der Waals surface area contributed by atoms with Gasteiger partial charge >= 0.3 is 5.97 Å². The number of hydrogen-bond donors (Lipinski definition) is 1. The lowest BCUT2D eigenvalue weighted by Gasteiger charge is -1.98. The maximum absolute atomic E-state index is 10.8. The monoisotopic (exact) mass is 252 g/mol. The van der Waals surface area contributed by atoms with E-state index in [2.05, 4.69) is 0 Å². The predicted molar refractivity (Wildman–Crippen MR) is 63.2 cm³/mol. The molecule has 0 atom stereocenters. The van der Waals surface area contributed by atoms with E-state index in [4.69, 9.17) is 14.3 Å². The molecule has 0 aliphatic rings. The number of hydrogen-bond acceptors (Lipinski definition) is 4. The number of carboxylic acid groups (broad SMARTS) is 1. The molecule has 0 aliphatic carbocycles. The van der Waals surface area contributed by atoms with Crippen LogP contribution in [0.2, 0.25) is 0 Å². The lowest BCUT2D eigenvalue weighted by molar-refractivity contribution is 0.0641. The molecule has 0 aromatic carbocycles. The average molecular weight is 252 g/mol. The maximum Gasteiger partial charge on any atom is 0.372 e. The van der Waals surface area contributed by atoms with Crippen LogP contribution in [-0.4, -0.2) is 11.1 Å². The van der Waals surface area contributed by atoms with Gasteiger partial charge in [-0.25, -0.2) is 4.79 Å². The van der Waals surface area contributed by atoms with E-state index in [9.17, 15) is 4.79 Å². The highest BCUT2D eigenvalue weighted by atomic mass is 32.1. The highest BCUT2D eigenvalue weighted by molar-refractivity contribution is 7.09. The summed E-state index contributed by atoms with van der Waals surface area (Å²) < 4.78 is 10.6. The van der Waals surface area contributed by atoms with Crippen molar-refractivity contribution >= 4 is 17.3 Å². The quantitative estimate of drug-likeness (QED) is 0.888. The van der Waals surface area contributed by atoms with Crippen LogP contribution in [0.3, 0.4) is 0 Å². The Balaban J connectivity index is 1.91. The van der Waals surface area contributed by atoms with Crippen LogP contribution in [0.5, 0.6) is 0 Å². The van der Waals surface area contributed by atoms with Crippen molar-refractivity contribution in [2.75, 3.05) is 0 Å². The molecule has 5 heteroatoms. The molecule has 4 nitrogen and oxygen atoms in total. The number of thiophene rings is 1. The minimum absolute atomic E-state index is 0.0141. The molecule has 2 aromatic heterocycles. The average Bonchev–Trinajstić information content (AvgIpc) is 2.88. The lowest BCUT2D eigenvalue weighted by Crippen LogP contribution is -1.95. The molecule has 0 amide bonds. The van der Waals surface area contributed by atoms with Crippen LogP contribution in [0.4, 0.5) is 0 Å². The molecule has 0 radical (unpaired) electrons. The first-order valence-corrected chi connectivity index (χ1v) is 5.97. The molecular weight excluding hydrogens is 240 g/mol. The van der Waals surface area contributed by atoms with Gasteiger partial charge in [0.25, 0.3) is 0 Å². The summed E-state index contributed by atoms with van der Waals surface area (Å²) in [6, 6.07) is 5.64. The zero-order valence-corrected chi connectivity index (χ0v) is 10.1. The third-order valence-corrected chi connectivity index (χ3v) is 3.08. The highest BCUT2D eigenvalue weighted by Crippen LogP contribution is 2.17. The first-order valence-electron chi connectivity index (χ1n) is 5.09. The minimum Gasteiger partial charge on any atom is -0.475 e. The van der Waals surface area contributed by atoms with Gasteiger partial charge < -0.3 is 14.3 Å². The number of ether oxygens (including phenoxy) is 1. The van der Waals surface area contributed by atoms with Crippen molar-refractivity contribution in [1.29, 1.82) is 0 Å². The second-order valence-corrected chi connectivity index (χ2v) is 4.63. The molecule has 17 heavy (non-hydrogen) atoms. The van der Waals surface area contributed by atoms with Crippen molar-refractivity contribution < 1.29 is 19.1 Å². The van der Waals surface area contributed by atoms with Gasteiger partial charge in [-0.05, 0) is 24.4 Å². The van der Waals surface area contributed by atoms with Gasteiger partial charge in [0.15, 0.2) is 0 Å². The molecule has 0 bridgehead atoms. The molecule has 1 N–H and O–H groups in total. The Bertz CT molecular complexity index is 499. The number of furan rings is 1. The Hall–Kier alpha value is -1.59. The van der Waals surface area contributed by atoms with Gasteiger partial charge in [0, 0.05) is 10.4 Å². The first kappa shape index (κ1) is 11.9. The summed E-state index contributed by atoms with van der Waals surface area (Å²) in [6.45, 7) is 2.50. The predicted octanol–water partition coefficient (Wildman–Crippen LogP) is 3.06. The fraction of sp³-hybridized carbons (Fsp3) is 0.250. The Morgan fingerprint density at radius 1 is 1.53 bits per heavy atom. The molecule has 2 rings (SSSR count). The van der Waals surface area contributed by atoms with Crippen LogP contribution in [0.15, 0.2) is 28.0 Å². The smallest absolute Gasteiger partial charge is 0.372 e. The molecule has 0 fully saturated rings. The summed E-state index contributed by atoms with van der Waals surface area (Å²) in [4.78, 5) is 11.9. The van der Waals surface area contributed by atoms with Crippen LogP contribution in [0.25, 0.3) is 0 Å². The molecule has 2 aromatic rings. The first-order chi connectivity index (χ1) is 8.16. The molecule has 0 spiro atoms. The molecule has 0 unspecified atom stereocenters. The van der Waals surface area contributed by atoms with Crippen LogP contribution < -0.4 is 0 Å². The van der Waals surface area contributed by atoms with Crippen molar-refractivity contribution in [2.45, 2.75) is 20.1 Å². The number of carboxylic acids is 1. The second kappa shape index (κ2) is 5.16. The van der Waals surface area contributed by atoms with Crippen molar-refractivity contribution in [1.82, 2.24) is 0 Å². The van der Waals surface area contributed by atoms with E-state index in [-0.39, 0.29) is 12.4 Å². The van der Waals surface area contributed by atoms with E-state index in [1.165, 1.54) is 0 Å². The zero-order chi connectivity index (χ0) is 12.3. The molecule has 0 saturated carbocycles. The lowest BCUT2D eigenvalue weighted by atomic mass is 10.3. The Labute approximate surface area is 102 Å². The maximum atomic E-state index is 10.8. The Morgan fingerprint density at radius 3 is 2.94 bits per heavy atom. The standard InChI is InChI=1S/C12H12O4S/c1-8-5-9(16-11(8)12(13)14)6-15-7-10-3-2-4-17-10/h2-5H,6-7H2,1H3,(H,13,14). The van der Waals surface area contributed by atoms with Gasteiger partial charge in [-0.15, -0.1) is 11.3 Å². The van der Waals surface area contributed by atoms with Crippen LogP contribution >= 0.6 is 11.3 Å². The van der Waals surface area contributed by atoms with Crippen molar-refractivity contribution in [3.05, 3.63) is 45.5 Å². The molecule has 2 heterocycles. The summed E-state index contributed by atoms with van der Waals surface area (Å²) in [5, 5.41) is 10.8. The summed E-state index contributed by atoms with van der Waals surface area (Å²) in [7, 11) is 0. The fourth-order valence-corrected chi connectivity index (χ4v) is 2.12. The van der Waals surface area contributed by atoms with Gasteiger partial charge in [0.05, 0.1) is 6.61 Å². The summed E-state index contributed by atoms with van der Waals surface area (Å²) in [5.74, 6) is -0.525. The van der Waals surface area contributed by atoms with Crippen LogP contribution in [0, 0.1) is 6.92 Å². The van der Waals surface area contributed by atoms with Crippen molar-refractivity contribution in [3.63, 3.8) is 0 Å². The fourth-order valence-electron chi connectivity index (χ4n) is 1.48. The number of aryl methyl sites for hydroxylation is 1. The molecule has 0 aliphatic heterocycles. The number of aromatic carboxylic acids is 1. The second-order valence-electron chi connectivity index (χ2n) is 3.60. The van der Waals surface area contributed by atoms with E-state index in [0.29, 0.717) is 17.9 Å². The third kappa shape index (κ3) is 2.95. The van der Waals surface area contributed by atoms with Crippen molar-refractivity contribution in [2.24, 2.45) is 0 Å². The SMILES string of the molecule is Cc1cc(COCc2cccs2)oc1C(=O)O. The van der Waals surface area contributed by atoms with Gasteiger partial charge in [-0.3, -0.25) is 0 Å². The van der Waals surface area contributed by atoms with E-state index < -0.39 is 5.97 Å². The molecule has 0 saturated heterocycles. The van der Waals surface area contributed by atoms with E-state index >= 15 is 0 Å². The van der Waals surface area contributed by atoms with Gasteiger partial charge in [0.1, 0.15) is 12.4 Å². The largest absolute Gasteiger partial charge is 0.475 e. The Morgan fingerprint density at radius 2 is 2.35 bits per heavy atom. The zero-order valence-electron chi connectivity index (χ0n) is 9.30. The van der Waals surface area contributed by atoms with Gasteiger partial charge in [-0.1, -0.05) is 6.07 Å². The third-order valence-electron chi connectivity index (χ3n) is 2.23. The summed E-state index contributed by atoms with van der Waals surface area (Å²) >= 11 is 1.62. The van der Waals surface area contributed by atoms with Crippen LogP contribution in [-0.2, 0) is 18.0 Å². The minimum atomic E-state index is -1.05. The normalized spacial score (nSPS) is 10.6. The number of carbonyl (C=O) groups is 1. The topological polar surface area (TPSA) is 59.7 Å². The van der Waals surface area contributed by atoms with Crippen LogP contribution in [0.1, 0.15) is 26.8 Å². The molecular formula is C12H12O4S. The number of rotatable bonds is 5. The van der Waals surface area contributed by atoms with E-state index in [1.54, 1.807) is 24.3 Å². The van der Waals surface area contributed by atoms with E-state index in [1.807, 2.05) is 17.5 Å². The summed E-state index contributed by atoms with van der Waals surface area (Å²) in [5.41, 5.74) is 0.618.